The Morgan fingerprint density at radius 2 is 1.77 bits per heavy atom. The Morgan fingerprint density at radius 1 is 1.00 bits per heavy atom. The second kappa shape index (κ2) is 10.8. The van der Waals surface area contributed by atoms with Crippen LogP contribution in [0.2, 0.25) is 0 Å². The number of ether oxygens (including phenoxy) is 4. The number of carbonyl (C=O) groups is 2. The summed E-state index contributed by atoms with van der Waals surface area (Å²) in [7, 11) is 1.57. The minimum absolute atomic E-state index is 0.145. The summed E-state index contributed by atoms with van der Waals surface area (Å²) < 4.78 is 22.3. The molecule has 2 amide bonds. The van der Waals surface area contributed by atoms with E-state index in [1.54, 1.807) is 61.4 Å². The van der Waals surface area contributed by atoms with Crippen molar-refractivity contribution in [3.63, 3.8) is 0 Å². The van der Waals surface area contributed by atoms with Crippen molar-refractivity contribution in [2.24, 2.45) is 0 Å². The smallest absolute Gasteiger partial charge is 0.267 e. The molecule has 0 spiro atoms. The van der Waals surface area contributed by atoms with Gasteiger partial charge >= 0.3 is 0 Å². The molecule has 4 rings (SSSR count). The molecule has 0 radical (unpaired) electrons. The van der Waals surface area contributed by atoms with Crippen LogP contribution in [0.1, 0.15) is 12.5 Å². The molecule has 0 saturated heterocycles. The first-order valence-electron chi connectivity index (χ1n) is 11.3. The van der Waals surface area contributed by atoms with Crippen molar-refractivity contribution in [2.45, 2.75) is 20.0 Å². The van der Waals surface area contributed by atoms with Crippen molar-refractivity contribution < 1.29 is 28.5 Å². The number of hydrogen-bond acceptors (Lipinski definition) is 6. The predicted molar refractivity (Wildman–Crippen MR) is 133 cm³/mol. The average molecular weight is 477 g/mol. The van der Waals surface area contributed by atoms with Crippen molar-refractivity contribution in [3.05, 3.63) is 72.3 Å². The summed E-state index contributed by atoms with van der Waals surface area (Å²) in [4.78, 5) is 26.8. The van der Waals surface area contributed by atoms with Gasteiger partial charge in [-0.15, -0.1) is 0 Å². The molecule has 1 aliphatic heterocycles. The van der Waals surface area contributed by atoms with Crippen LogP contribution in [0.3, 0.4) is 0 Å². The number of carbonyl (C=O) groups excluding carboxylic acids is 2. The Labute approximate surface area is 204 Å². The largest absolute Gasteiger partial charge is 0.497 e. The van der Waals surface area contributed by atoms with Gasteiger partial charge in [-0.1, -0.05) is 23.8 Å². The molecule has 1 N–H and O–H groups in total. The van der Waals surface area contributed by atoms with E-state index in [4.69, 9.17) is 18.9 Å². The summed E-state index contributed by atoms with van der Waals surface area (Å²) in [5, 5.41) is 2.80. The highest BCUT2D eigenvalue weighted by atomic mass is 16.5. The van der Waals surface area contributed by atoms with E-state index in [1.165, 1.54) is 0 Å². The fraction of sp³-hybridized carbons (Fsp3) is 0.259. The van der Waals surface area contributed by atoms with Crippen molar-refractivity contribution in [2.75, 3.05) is 37.1 Å². The van der Waals surface area contributed by atoms with Crippen LogP contribution in [0, 0.1) is 6.92 Å². The maximum atomic E-state index is 12.8. The number of benzene rings is 3. The number of methoxy groups -OCH3 is 1. The molecular weight excluding hydrogens is 448 g/mol. The molecule has 1 atom stereocenters. The highest BCUT2D eigenvalue weighted by molar-refractivity contribution is 6.00. The fourth-order valence-corrected chi connectivity index (χ4v) is 3.65. The molecule has 0 saturated carbocycles. The van der Waals surface area contributed by atoms with Gasteiger partial charge in [0.25, 0.3) is 11.8 Å². The maximum absolute atomic E-state index is 12.8. The zero-order chi connectivity index (χ0) is 24.8. The van der Waals surface area contributed by atoms with E-state index in [1.807, 2.05) is 31.2 Å². The van der Waals surface area contributed by atoms with Crippen LogP contribution in [0.25, 0.3) is 0 Å². The predicted octanol–water partition coefficient (Wildman–Crippen LogP) is 4.21. The third-order valence-electron chi connectivity index (χ3n) is 5.47. The van der Waals surface area contributed by atoms with E-state index < -0.39 is 6.10 Å². The lowest BCUT2D eigenvalue weighted by atomic mass is 10.1. The lowest BCUT2D eigenvalue weighted by Crippen LogP contribution is -2.46. The maximum Gasteiger partial charge on any atom is 0.267 e. The van der Waals surface area contributed by atoms with E-state index >= 15 is 0 Å². The van der Waals surface area contributed by atoms with Gasteiger partial charge in [0.1, 0.15) is 29.6 Å². The summed E-state index contributed by atoms with van der Waals surface area (Å²) >= 11 is 0. The van der Waals surface area contributed by atoms with Gasteiger partial charge in [0, 0.05) is 17.8 Å². The van der Waals surface area contributed by atoms with E-state index in [2.05, 4.69) is 5.32 Å². The molecule has 3 aromatic carbocycles. The quantitative estimate of drug-likeness (QED) is 0.498. The topological polar surface area (TPSA) is 86.3 Å². The lowest BCUT2D eigenvalue weighted by Gasteiger charge is -2.33. The fourth-order valence-electron chi connectivity index (χ4n) is 3.65. The van der Waals surface area contributed by atoms with Gasteiger partial charge in [-0.2, -0.15) is 0 Å². The summed E-state index contributed by atoms with van der Waals surface area (Å²) in [5.41, 5.74) is 2.32. The van der Waals surface area contributed by atoms with Gasteiger partial charge in [0.05, 0.1) is 19.3 Å². The van der Waals surface area contributed by atoms with Crippen LogP contribution in [0.5, 0.6) is 23.0 Å². The van der Waals surface area contributed by atoms with E-state index in [9.17, 15) is 9.59 Å². The van der Waals surface area contributed by atoms with Crippen LogP contribution >= 0.6 is 0 Å². The number of rotatable bonds is 9. The third kappa shape index (κ3) is 6.03. The van der Waals surface area contributed by atoms with E-state index in [0.717, 1.165) is 11.3 Å². The minimum Gasteiger partial charge on any atom is -0.497 e. The van der Waals surface area contributed by atoms with Gasteiger partial charge in [-0.25, -0.2) is 0 Å². The van der Waals surface area contributed by atoms with Crippen LogP contribution in [0.15, 0.2) is 66.7 Å². The first-order chi connectivity index (χ1) is 16.9. The molecule has 3 aromatic rings. The number of hydrogen-bond donors (Lipinski definition) is 1. The second-order valence-corrected chi connectivity index (χ2v) is 8.11. The van der Waals surface area contributed by atoms with Gasteiger partial charge in [-0.3, -0.25) is 9.59 Å². The van der Waals surface area contributed by atoms with E-state index in [-0.39, 0.29) is 18.4 Å². The molecule has 8 nitrogen and oxygen atoms in total. The summed E-state index contributed by atoms with van der Waals surface area (Å²) in [5.74, 6) is 1.97. The number of nitrogens with one attached hydrogen (secondary N) is 1. The van der Waals surface area contributed by atoms with Crippen LogP contribution < -0.4 is 29.2 Å². The first kappa shape index (κ1) is 23.9. The highest BCUT2D eigenvalue weighted by Gasteiger charge is 2.31. The standard InChI is InChI=1S/C27H28N2O6/c1-18-7-10-21(11-8-18)33-14-13-29-24-12-9-20(15-25(24)35-19(2)27(29)31)28-26(30)17-34-23-6-4-5-22(16-23)32-3/h4-12,15-16,19H,13-14,17H2,1-3H3,(H,28,30). The lowest BCUT2D eigenvalue weighted by molar-refractivity contribution is -0.125. The summed E-state index contributed by atoms with van der Waals surface area (Å²) in [6, 6.07) is 20.0. The molecule has 1 heterocycles. The first-order valence-corrected chi connectivity index (χ1v) is 11.3. The van der Waals surface area contributed by atoms with Crippen molar-refractivity contribution in [1.29, 1.82) is 0 Å². The van der Waals surface area contributed by atoms with Crippen molar-refractivity contribution in [3.8, 4) is 23.0 Å². The summed E-state index contributed by atoms with van der Waals surface area (Å²) in [6.45, 7) is 4.25. The van der Waals surface area contributed by atoms with Gasteiger partial charge < -0.3 is 29.2 Å². The zero-order valence-electron chi connectivity index (χ0n) is 19.9. The Bertz CT molecular complexity index is 1190. The minimum atomic E-state index is -0.649. The van der Waals surface area contributed by atoms with E-state index in [0.29, 0.717) is 41.8 Å². The van der Waals surface area contributed by atoms with Crippen molar-refractivity contribution in [1.82, 2.24) is 0 Å². The Morgan fingerprint density at radius 3 is 2.54 bits per heavy atom. The third-order valence-corrected chi connectivity index (χ3v) is 5.47. The number of fused-ring (bicyclic) bond motifs is 1. The SMILES string of the molecule is COc1cccc(OCC(=O)Nc2ccc3c(c2)OC(C)C(=O)N3CCOc2ccc(C)cc2)c1. The van der Waals surface area contributed by atoms with Gasteiger partial charge in [-0.05, 0) is 50.2 Å². The molecule has 182 valence electrons. The Hall–Kier alpha value is -4.20. The Balaban J connectivity index is 1.37. The molecule has 0 aromatic heterocycles. The van der Waals surface area contributed by atoms with Crippen molar-refractivity contribution >= 4 is 23.2 Å². The molecule has 0 bridgehead atoms. The molecule has 0 fully saturated rings. The van der Waals surface area contributed by atoms with Crippen LogP contribution in [-0.2, 0) is 9.59 Å². The monoisotopic (exact) mass is 476 g/mol. The molecule has 1 unspecified atom stereocenters. The molecule has 0 aliphatic carbocycles. The molecule has 8 heteroatoms. The molecule has 1 aliphatic rings. The van der Waals surface area contributed by atoms with Gasteiger partial charge in [0.15, 0.2) is 12.7 Å². The molecular formula is C27H28N2O6. The van der Waals surface area contributed by atoms with Gasteiger partial charge in [0.2, 0.25) is 0 Å². The Kier molecular flexibility index (Phi) is 7.40. The number of nitrogens with zero attached hydrogens (tertiary/aromatic N) is 1. The summed E-state index contributed by atoms with van der Waals surface area (Å²) in [6.07, 6.45) is -0.649. The molecule has 35 heavy (non-hydrogen) atoms. The zero-order valence-corrected chi connectivity index (χ0v) is 19.9. The normalized spacial score (nSPS) is 14.5. The number of aryl methyl sites for hydroxylation is 1. The number of amides is 2. The average Bonchev–Trinajstić information content (AvgIpc) is 2.86. The second-order valence-electron chi connectivity index (χ2n) is 8.11. The van der Waals surface area contributed by atoms with Crippen LogP contribution in [0.4, 0.5) is 11.4 Å². The van der Waals surface area contributed by atoms with Crippen LogP contribution in [-0.4, -0.2) is 44.8 Å². The number of anilines is 2. The highest BCUT2D eigenvalue weighted by Crippen LogP contribution is 2.36.